The predicted molar refractivity (Wildman–Crippen MR) is 85.8 cm³/mol. The highest BCUT2D eigenvalue weighted by Crippen LogP contribution is 2.46. The highest BCUT2D eigenvalue weighted by molar-refractivity contribution is 5.77. The first-order valence-corrected chi connectivity index (χ1v) is 8.15. The van der Waals surface area contributed by atoms with Gasteiger partial charge in [0.05, 0.1) is 19.1 Å². The van der Waals surface area contributed by atoms with Gasteiger partial charge in [-0.25, -0.2) is 4.98 Å². The number of hydrogen-bond donors (Lipinski definition) is 1. The van der Waals surface area contributed by atoms with Crippen molar-refractivity contribution in [1.29, 1.82) is 0 Å². The van der Waals surface area contributed by atoms with Gasteiger partial charge >= 0.3 is 5.97 Å². The van der Waals surface area contributed by atoms with Gasteiger partial charge in [-0.05, 0) is 32.4 Å². The van der Waals surface area contributed by atoms with Crippen LogP contribution in [-0.4, -0.2) is 34.4 Å². The molecule has 1 saturated carbocycles. The Morgan fingerprint density at radius 3 is 2.67 bits per heavy atom. The lowest BCUT2D eigenvalue weighted by molar-refractivity contribution is -0.144. The smallest absolute Gasteiger partial charge is 0.309 e. The second kappa shape index (κ2) is 7.33. The van der Waals surface area contributed by atoms with E-state index in [2.05, 4.69) is 15.2 Å². The zero-order chi connectivity index (χ0) is 16.9. The maximum Gasteiger partial charge on any atom is 0.309 e. The average Bonchev–Trinajstić information content (AvgIpc) is 3.26. The molecule has 1 aromatic carbocycles. The molecule has 1 N–H and O–H groups in total. The van der Waals surface area contributed by atoms with E-state index in [1.54, 1.807) is 6.92 Å². The summed E-state index contributed by atoms with van der Waals surface area (Å²) in [6.07, 6.45) is 0.740. The van der Waals surface area contributed by atoms with Gasteiger partial charge in [0.25, 0.3) is 0 Å². The number of benzene rings is 1. The fourth-order valence-electron chi connectivity index (χ4n) is 2.52. The van der Waals surface area contributed by atoms with Crippen molar-refractivity contribution in [2.45, 2.75) is 32.8 Å². The minimum absolute atomic E-state index is 0.0461. The second-order valence-corrected chi connectivity index (χ2v) is 5.51. The van der Waals surface area contributed by atoms with E-state index >= 15 is 0 Å². The summed E-state index contributed by atoms with van der Waals surface area (Å²) in [5.41, 5.74) is 0. The van der Waals surface area contributed by atoms with Crippen LogP contribution < -0.4 is 9.47 Å². The number of nitrogens with one attached hydrogen (secondary N) is 1. The molecule has 2 aromatic rings. The standard InChI is InChI=1S/C17H21N3O4/c1-3-22-13-7-5-6-8-14(13)24-10-15-18-16(20-19-15)11-9-12(11)17(21)23-4-2/h5-8,11-12H,3-4,9-10H2,1-2H3,(H,18,19,20)/t11-,12-/m1/s1. The molecule has 1 aliphatic carbocycles. The van der Waals surface area contributed by atoms with E-state index in [0.717, 1.165) is 6.42 Å². The molecule has 0 saturated heterocycles. The van der Waals surface area contributed by atoms with Crippen LogP contribution in [0.15, 0.2) is 24.3 Å². The Morgan fingerprint density at radius 1 is 1.21 bits per heavy atom. The number of para-hydroxylation sites is 2. The van der Waals surface area contributed by atoms with Gasteiger partial charge in [-0.15, -0.1) is 0 Å². The molecule has 24 heavy (non-hydrogen) atoms. The molecule has 128 valence electrons. The molecule has 0 amide bonds. The van der Waals surface area contributed by atoms with Crippen LogP contribution in [0.25, 0.3) is 0 Å². The van der Waals surface area contributed by atoms with Crippen LogP contribution in [0, 0.1) is 5.92 Å². The molecule has 1 aromatic heterocycles. The maximum atomic E-state index is 11.7. The van der Waals surface area contributed by atoms with Crippen LogP contribution >= 0.6 is 0 Å². The molecule has 7 heteroatoms. The first-order chi connectivity index (χ1) is 11.7. The molecule has 0 bridgehead atoms. The zero-order valence-electron chi connectivity index (χ0n) is 13.8. The van der Waals surface area contributed by atoms with Gasteiger partial charge in [0, 0.05) is 5.92 Å². The average molecular weight is 331 g/mol. The zero-order valence-corrected chi connectivity index (χ0v) is 13.8. The largest absolute Gasteiger partial charge is 0.490 e. The summed E-state index contributed by atoms with van der Waals surface area (Å²) < 4.78 is 16.3. The molecule has 3 rings (SSSR count). The molecular weight excluding hydrogens is 310 g/mol. The van der Waals surface area contributed by atoms with Gasteiger partial charge in [0.2, 0.25) is 0 Å². The normalized spacial score (nSPS) is 18.9. The van der Waals surface area contributed by atoms with Crippen molar-refractivity contribution < 1.29 is 19.0 Å². The first-order valence-electron chi connectivity index (χ1n) is 8.15. The minimum atomic E-state index is -0.171. The molecule has 1 heterocycles. The highest BCUT2D eigenvalue weighted by atomic mass is 16.5. The Balaban J connectivity index is 1.57. The summed E-state index contributed by atoms with van der Waals surface area (Å²) in [6.45, 7) is 4.96. The van der Waals surface area contributed by atoms with Crippen LogP contribution in [0.3, 0.4) is 0 Å². The van der Waals surface area contributed by atoms with Crippen molar-refractivity contribution >= 4 is 5.97 Å². The monoisotopic (exact) mass is 331 g/mol. The molecule has 1 fully saturated rings. The summed E-state index contributed by atoms with van der Waals surface area (Å²) in [4.78, 5) is 16.1. The van der Waals surface area contributed by atoms with Crippen molar-refractivity contribution in [3.05, 3.63) is 35.9 Å². The number of rotatable bonds is 8. The number of ether oxygens (including phenoxy) is 3. The van der Waals surface area contributed by atoms with Crippen LogP contribution in [0.1, 0.15) is 37.8 Å². The Labute approximate surface area is 140 Å². The number of H-pyrrole nitrogens is 1. The van der Waals surface area contributed by atoms with E-state index in [9.17, 15) is 4.79 Å². The third kappa shape index (κ3) is 3.67. The van der Waals surface area contributed by atoms with Crippen molar-refractivity contribution in [3.8, 4) is 11.5 Å². The van der Waals surface area contributed by atoms with Crippen molar-refractivity contribution in [2.24, 2.45) is 5.92 Å². The van der Waals surface area contributed by atoms with Gasteiger partial charge in [-0.2, -0.15) is 5.10 Å². The van der Waals surface area contributed by atoms with Gasteiger partial charge in [0.15, 0.2) is 23.1 Å². The molecule has 1 aliphatic rings. The number of carbonyl (C=O) groups excluding carboxylic acids is 1. The Morgan fingerprint density at radius 2 is 1.96 bits per heavy atom. The fraction of sp³-hybridized carbons (Fsp3) is 0.471. The first kappa shape index (κ1) is 16.3. The minimum Gasteiger partial charge on any atom is -0.490 e. The molecule has 0 unspecified atom stereocenters. The molecular formula is C17H21N3O4. The van der Waals surface area contributed by atoms with E-state index in [1.807, 2.05) is 31.2 Å². The van der Waals surface area contributed by atoms with Crippen LogP contribution in [0.4, 0.5) is 0 Å². The second-order valence-electron chi connectivity index (χ2n) is 5.51. The maximum absolute atomic E-state index is 11.7. The SMILES string of the molecule is CCOC(=O)[C@@H]1C[C@H]1c1n[nH]c(COc2ccccc2OCC)n1. The molecule has 0 spiro atoms. The number of esters is 1. The van der Waals surface area contributed by atoms with E-state index in [-0.39, 0.29) is 24.4 Å². The van der Waals surface area contributed by atoms with Crippen molar-refractivity contribution in [3.63, 3.8) is 0 Å². The molecule has 2 atom stereocenters. The van der Waals surface area contributed by atoms with Gasteiger partial charge in [-0.1, -0.05) is 12.1 Å². The van der Waals surface area contributed by atoms with Gasteiger partial charge in [0.1, 0.15) is 6.61 Å². The molecule has 0 radical (unpaired) electrons. The number of nitrogens with zero attached hydrogens (tertiary/aromatic N) is 2. The molecule has 7 nitrogen and oxygen atoms in total. The lowest BCUT2D eigenvalue weighted by Crippen LogP contribution is -2.07. The highest BCUT2D eigenvalue weighted by Gasteiger charge is 2.47. The number of carbonyl (C=O) groups is 1. The third-order valence-electron chi connectivity index (χ3n) is 3.77. The summed E-state index contributed by atoms with van der Waals surface area (Å²) in [6, 6.07) is 7.49. The Bertz CT molecular complexity index is 701. The van der Waals surface area contributed by atoms with E-state index < -0.39 is 0 Å². The van der Waals surface area contributed by atoms with Crippen LogP contribution in [-0.2, 0) is 16.1 Å². The Hall–Kier alpha value is -2.57. The van der Waals surface area contributed by atoms with Gasteiger partial charge in [-0.3, -0.25) is 9.89 Å². The summed E-state index contributed by atoms with van der Waals surface area (Å²) in [7, 11) is 0. The lowest BCUT2D eigenvalue weighted by Gasteiger charge is -2.10. The van der Waals surface area contributed by atoms with Crippen LogP contribution in [0.2, 0.25) is 0 Å². The predicted octanol–water partition coefficient (Wildman–Crippen LogP) is 2.45. The molecule has 0 aliphatic heterocycles. The quantitative estimate of drug-likeness (QED) is 0.748. The fourth-order valence-corrected chi connectivity index (χ4v) is 2.52. The van der Waals surface area contributed by atoms with E-state index in [4.69, 9.17) is 14.2 Å². The Kier molecular flexibility index (Phi) is 4.98. The summed E-state index contributed by atoms with van der Waals surface area (Å²) in [5.74, 6) is 2.38. The van der Waals surface area contributed by atoms with Crippen molar-refractivity contribution in [1.82, 2.24) is 15.2 Å². The summed E-state index contributed by atoms with van der Waals surface area (Å²) in [5, 5.41) is 7.05. The van der Waals surface area contributed by atoms with E-state index in [1.165, 1.54) is 0 Å². The lowest BCUT2D eigenvalue weighted by atomic mass is 10.3. The summed E-state index contributed by atoms with van der Waals surface area (Å²) >= 11 is 0. The third-order valence-corrected chi connectivity index (χ3v) is 3.77. The number of aromatic nitrogens is 3. The topological polar surface area (TPSA) is 86.3 Å². The number of hydrogen-bond acceptors (Lipinski definition) is 6. The van der Waals surface area contributed by atoms with Gasteiger partial charge < -0.3 is 14.2 Å². The number of aromatic amines is 1. The van der Waals surface area contributed by atoms with E-state index in [0.29, 0.717) is 36.4 Å². The van der Waals surface area contributed by atoms with Crippen molar-refractivity contribution in [2.75, 3.05) is 13.2 Å². The van der Waals surface area contributed by atoms with Crippen LogP contribution in [0.5, 0.6) is 11.5 Å².